The first-order valence-electron chi connectivity index (χ1n) is 17.1. The van der Waals surface area contributed by atoms with Crippen LogP contribution in [0.15, 0.2) is 85.5 Å². The van der Waals surface area contributed by atoms with Crippen LogP contribution >= 0.6 is 0 Å². The highest BCUT2D eigenvalue weighted by molar-refractivity contribution is 5.98. The lowest BCUT2D eigenvalue weighted by Gasteiger charge is -2.29. The molecule has 2 saturated heterocycles. The summed E-state index contributed by atoms with van der Waals surface area (Å²) in [7, 11) is 3.01. The van der Waals surface area contributed by atoms with E-state index in [1.165, 1.54) is 26.9 Å². The number of rotatable bonds is 9. The number of hydrogen-bond acceptors (Lipinski definition) is 12. The number of fused-ring (bicyclic) bond motifs is 3. The maximum atomic E-state index is 14.3. The predicted molar refractivity (Wildman–Crippen MR) is 188 cm³/mol. The normalized spacial score (nSPS) is 22.2. The van der Waals surface area contributed by atoms with E-state index in [-0.39, 0.29) is 29.4 Å². The van der Waals surface area contributed by atoms with E-state index in [1.807, 2.05) is 0 Å². The van der Waals surface area contributed by atoms with Crippen LogP contribution in [0.2, 0.25) is 0 Å². The predicted octanol–water partition coefficient (Wildman–Crippen LogP) is 5.52. The fraction of sp³-hybridized carbons (Fsp3) is 0.316. The van der Waals surface area contributed by atoms with Crippen LogP contribution in [0, 0.1) is 0 Å². The molecule has 1 amide bonds. The molecular formula is C38H35F3N6O8. The van der Waals surface area contributed by atoms with E-state index in [2.05, 4.69) is 20.3 Å². The van der Waals surface area contributed by atoms with Gasteiger partial charge in [0.1, 0.15) is 41.7 Å². The van der Waals surface area contributed by atoms with Crippen molar-refractivity contribution < 1.29 is 51.1 Å². The molecule has 286 valence electrons. The standard InChI is InChI=1S/C38H35F3N6O8/c1-36(2)53-30-26(51-35(31(30)54-36)47-19-46-28-32(42)44-18-45-33(28)47)6-5-15-43-34(48)25-16-22(38(39,40)41)17-27-29(25)55-37(52-27,20-7-11-23(49-3)12-8-20)21-9-13-24(50-4)14-10-21/h5-14,16-19,26,30-31,35H,15H2,1-4H3,(H,43,48)(H2,42,44,45)/t26-,30?,31+,35-/m1/s1. The Bertz CT molecular complexity index is 2230. The van der Waals surface area contributed by atoms with Gasteiger partial charge in [-0.25, -0.2) is 15.0 Å². The average Bonchev–Trinajstić information content (AvgIpc) is 3.93. The summed E-state index contributed by atoms with van der Waals surface area (Å²) in [6.07, 6.45) is -1.08. The number of anilines is 1. The highest BCUT2D eigenvalue weighted by Crippen LogP contribution is 2.52. The zero-order chi connectivity index (χ0) is 38.7. The second-order valence-corrected chi connectivity index (χ2v) is 13.4. The largest absolute Gasteiger partial charge is 0.497 e. The maximum absolute atomic E-state index is 14.3. The molecule has 55 heavy (non-hydrogen) atoms. The highest BCUT2D eigenvalue weighted by atomic mass is 19.4. The molecule has 0 spiro atoms. The van der Waals surface area contributed by atoms with Gasteiger partial charge in [0.15, 0.2) is 35.0 Å². The highest BCUT2D eigenvalue weighted by Gasteiger charge is 2.55. The van der Waals surface area contributed by atoms with E-state index in [0.717, 1.165) is 12.1 Å². The van der Waals surface area contributed by atoms with E-state index in [4.69, 9.17) is 38.9 Å². The number of carbonyl (C=O) groups is 1. The Kier molecular flexibility index (Phi) is 8.82. The number of imidazole rings is 1. The van der Waals surface area contributed by atoms with Crippen molar-refractivity contribution >= 4 is 22.9 Å². The smallest absolute Gasteiger partial charge is 0.416 e. The summed E-state index contributed by atoms with van der Waals surface area (Å²) in [5, 5.41) is 2.68. The van der Waals surface area contributed by atoms with Gasteiger partial charge in [-0.1, -0.05) is 12.2 Å². The fourth-order valence-electron chi connectivity index (χ4n) is 6.95. The molecule has 0 aliphatic carbocycles. The van der Waals surface area contributed by atoms with Gasteiger partial charge in [0.25, 0.3) is 5.91 Å². The number of halogens is 3. The summed E-state index contributed by atoms with van der Waals surface area (Å²) < 4.78 is 86.6. The Hall–Kier alpha value is -5.91. The number of ether oxygens (including phenoxy) is 7. The van der Waals surface area contributed by atoms with Crippen LogP contribution in [0.5, 0.6) is 23.0 Å². The van der Waals surface area contributed by atoms with Gasteiger partial charge in [0.2, 0.25) is 0 Å². The summed E-state index contributed by atoms with van der Waals surface area (Å²) in [5.74, 6) is -2.66. The molecule has 4 atom stereocenters. The van der Waals surface area contributed by atoms with E-state index < -0.39 is 53.8 Å². The van der Waals surface area contributed by atoms with Crippen molar-refractivity contribution in [2.45, 2.75) is 56.1 Å². The third kappa shape index (κ3) is 6.43. The van der Waals surface area contributed by atoms with Crippen LogP contribution in [0.1, 0.15) is 47.1 Å². The summed E-state index contributed by atoms with van der Waals surface area (Å²) in [5.41, 5.74) is 6.25. The van der Waals surface area contributed by atoms with Crippen molar-refractivity contribution in [3.05, 3.63) is 108 Å². The second-order valence-electron chi connectivity index (χ2n) is 13.4. The number of hydrogen-bond donors (Lipinski definition) is 2. The van der Waals surface area contributed by atoms with Gasteiger partial charge in [0, 0.05) is 17.7 Å². The van der Waals surface area contributed by atoms with Crippen molar-refractivity contribution in [2.24, 2.45) is 0 Å². The molecule has 0 bridgehead atoms. The Balaban J connectivity index is 1.06. The Morgan fingerprint density at radius 3 is 2.24 bits per heavy atom. The second kappa shape index (κ2) is 13.4. The summed E-state index contributed by atoms with van der Waals surface area (Å²) in [4.78, 5) is 26.4. The number of aromatic nitrogens is 4. The Morgan fingerprint density at radius 1 is 0.945 bits per heavy atom. The topological polar surface area (TPSA) is 163 Å². The molecule has 8 rings (SSSR count). The number of benzene rings is 3. The number of nitrogens with zero attached hydrogens (tertiary/aromatic N) is 4. The molecule has 17 heteroatoms. The first kappa shape index (κ1) is 36.1. The molecule has 0 saturated carbocycles. The van der Waals surface area contributed by atoms with Gasteiger partial charge in [-0.3, -0.25) is 9.36 Å². The number of methoxy groups -OCH3 is 2. The molecule has 2 aromatic heterocycles. The number of nitrogens with two attached hydrogens (primary N) is 1. The first-order valence-corrected chi connectivity index (χ1v) is 17.1. The molecule has 3 aromatic carbocycles. The van der Waals surface area contributed by atoms with E-state index in [1.54, 1.807) is 79.1 Å². The van der Waals surface area contributed by atoms with Gasteiger partial charge >= 0.3 is 12.0 Å². The lowest BCUT2D eigenvalue weighted by atomic mass is 9.97. The van der Waals surface area contributed by atoms with Crippen molar-refractivity contribution in [3.8, 4) is 23.0 Å². The van der Waals surface area contributed by atoms with Crippen molar-refractivity contribution in [1.29, 1.82) is 0 Å². The molecule has 2 fully saturated rings. The number of nitrogens with one attached hydrogen (secondary N) is 1. The fourth-order valence-corrected chi connectivity index (χ4v) is 6.95. The molecule has 14 nitrogen and oxygen atoms in total. The van der Waals surface area contributed by atoms with Crippen molar-refractivity contribution in [3.63, 3.8) is 0 Å². The van der Waals surface area contributed by atoms with Crippen LogP contribution in [0.3, 0.4) is 0 Å². The van der Waals surface area contributed by atoms with Crippen LogP contribution in [-0.2, 0) is 26.2 Å². The monoisotopic (exact) mass is 760 g/mol. The summed E-state index contributed by atoms with van der Waals surface area (Å²) >= 11 is 0. The zero-order valence-electron chi connectivity index (χ0n) is 29.9. The minimum Gasteiger partial charge on any atom is -0.497 e. The number of amides is 1. The Labute approximate surface area is 311 Å². The number of nitrogen functional groups attached to an aromatic ring is 1. The van der Waals surface area contributed by atoms with E-state index in [0.29, 0.717) is 33.8 Å². The Morgan fingerprint density at radius 2 is 1.60 bits per heavy atom. The van der Waals surface area contributed by atoms with Crippen LogP contribution in [-0.4, -0.2) is 70.3 Å². The molecular weight excluding hydrogens is 725 g/mol. The van der Waals surface area contributed by atoms with Crippen molar-refractivity contribution in [2.75, 3.05) is 26.5 Å². The quantitative estimate of drug-likeness (QED) is 0.181. The van der Waals surface area contributed by atoms with Crippen LogP contribution in [0.4, 0.5) is 19.0 Å². The molecule has 5 heterocycles. The third-order valence-corrected chi connectivity index (χ3v) is 9.50. The maximum Gasteiger partial charge on any atom is 0.416 e. The van der Waals surface area contributed by atoms with Crippen molar-refractivity contribution in [1.82, 2.24) is 24.8 Å². The lowest BCUT2D eigenvalue weighted by molar-refractivity contribution is -0.191. The van der Waals surface area contributed by atoms with Gasteiger partial charge in [0.05, 0.1) is 31.7 Å². The van der Waals surface area contributed by atoms with E-state index >= 15 is 0 Å². The minimum absolute atomic E-state index is 0.0866. The van der Waals surface area contributed by atoms with Gasteiger partial charge < -0.3 is 44.2 Å². The molecule has 0 radical (unpaired) electrons. The van der Waals surface area contributed by atoms with Gasteiger partial charge in [-0.15, -0.1) is 0 Å². The molecule has 1 unspecified atom stereocenters. The SMILES string of the molecule is COc1ccc(C2(c3ccc(OC)cc3)Oc3cc(C(F)(F)F)cc(C(=O)NCC=C[C@H]4O[C@@H](n5cnc6c(N)ncnc65)[C@H]5OC(C)(C)OC45)c3O2)cc1. The first-order chi connectivity index (χ1) is 26.3. The van der Waals surface area contributed by atoms with Crippen LogP contribution in [0.25, 0.3) is 11.2 Å². The van der Waals surface area contributed by atoms with Gasteiger partial charge in [-0.05, 0) is 74.5 Å². The summed E-state index contributed by atoms with van der Waals surface area (Å²) in [6.45, 7) is 3.48. The molecule has 3 aliphatic rings. The summed E-state index contributed by atoms with van der Waals surface area (Å²) in [6, 6.07) is 14.9. The number of carbonyl (C=O) groups excluding carboxylic acids is 1. The third-order valence-electron chi connectivity index (χ3n) is 9.50. The van der Waals surface area contributed by atoms with Gasteiger partial charge in [-0.2, -0.15) is 13.2 Å². The molecule has 3 aliphatic heterocycles. The zero-order valence-corrected chi connectivity index (χ0v) is 29.9. The minimum atomic E-state index is -4.80. The molecule has 5 aromatic rings. The lowest BCUT2D eigenvalue weighted by Crippen LogP contribution is -2.37. The average molecular weight is 761 g/mol. The molecule has 3 N–H and O–H groups in total. The van der Waals surface area contributed by atoms with Crippen LogP contribution < -0.4 is 30.0 Å². The number of alkyl halides is 3. The van der Waals surface area contributed by atoms with E-state index in [9.17, 15) is 18.0 Å².